The van der Waals surface area contributed by atoms with Gasteiger partial charge in [-0.1, -0.05) is 39.0 Å². The van der Waals surface area contributed by atoms with E-state index in [1.165, 1.54) is 16.0 Å². The van der Waals surface area contributed by atoms with Crippen molar-refractivity contribution in [1.29, 1.82) is 0 Å². The molecule has 1 aromatic heterocycles. The first-order valence-corrected chi connectivity index (χ1v) is 8.88. The summed E-state index contributed by atoms with van der Waals surface area (Å²) in [5, 5.41) is 4.62. The molecule has 2 aromatic rings. The standard InChI is InChI=1S/C14H18N2O2S2/c1-14(2,3)12-10-13(16(15-12)19-4)20(17,18)11-8-6-5-7-9-11/h5-10H,1-4H3. The predicted octanol–water partition coefficient (Wildman–Crippen LogP) is 3.14. The van der Waals surface area contributed by atoms with Gasteiger partial charge < -0.3 is 0 Å². The Morgan fingerprint density at radius 1 is 1.15 bits per heavy atom. The Labute approximate surface area is 124 Å². The molecule has 1 aromatic carbocycles. The number of hydrogen-bond acceptors (Lipinski definition) is 4. The van der Waals surface area contributed by atoms with Crippen LogP contribution in [0, 0.1) is 0 Å². The first-order chi connectivity index (χ1) is 9.26. The maximum absolute atomic E-state index is 12.7. The maximum atomic E-state index is 12.7. The van der Waals surface area contributed by atoms with Gasteiger partial charge in [-0.3, -0.25) is 0 Å². The van der Waals surface area contributed by atoms with E-state index in [2.05, 4.69) is 5.10 Å². The van der Waals surface area contributed by atoms with Crippen LogP contribution in [-0.2, 0) is 15.3 Å². The van der Waals surface area contributed by atoms with Gasteiger partial charge in [-0.15, -0.1) is 0 Å². The quantitative estimate of drug-likeness (QED) is 0.874. The van der Waals surface area contributed by atoms with Gasteiger partial charge >= 0.3 is 0 Å². The van der Waals surface area contributed by atoms with Crippen LogP contribution < -0.4 is 0 Å². The van der Waals surface area contributed by atoms with Gasteiger partial charge in [0.2, 0.25) is 9.84 Å². The van der Waals surface area contributed by atoms with Gasteiger partial charge in [-0.05, 0) is 24.1 Å². The van der Waals surface area contributed by atoms with Crippen molar-refractivity contribution < 1.29 is 8.42 Å². The minimum Gasteiger partial charge on any atom is -0.217 e. The molecule has 2 rings (SSSR count). The molecule has 0 unspecified atom stereocenters. The average Bonchev–Trinajstić information content (AvgIpc) is 2.84. The number of sulfone groups is 1. The lowest BCUT2D eigenvalue weighted by Gasteiger charge is -2.13. The molecule has 0 radical (unpaired) electrons. The molecule has 0 saturated heterocycles. The molecular formula is C14H18N2O2S2. The SMILES string of the molecule is CSn1nc(C(C)(C)C)cc1S(=O)(=O)c1ccccc1. The van der Waals surface area contributed by atoms with E-state index in [9.17, 15) is 8.42 Å². The van der Waals surface area contributed by atoms with Crippen molar-refractivity contribution >= 4 is 21.8 Å². The summed E-state index contributed by atoms with van der Waals surface area (Å²) in [7, 11) is -3.54. The van der Waals surface area contributed by atoms with Crippen molar-refractivity contribution in [3.05, 3.63) is 42.1 Å². The number of benzene rings is 1. The Balaban J connectivity index is 2.61. The summed E-state index contributed by atoms with van der Waals surface area (Å²) in [6, 6.07) is 10.1. The van der Waals surface area contributed by atoms with E-state index in [-0.39, 0.29) is 15.3 Å². The zero-order valence-corrected chi connectivity index (χ0v) is 13.6. The molecular weight excluding hydrogens is 292 g/mol. The summed E-state index contributed by atoms with van der Waals surface area (Å²) >= 11 is 1.28. The highest BCUT2D eigenvalue weighted by Gasteiger charge is 2.27. The first kappa shape index (κ1) is 15.1. The van der Waals surface area contributed by atoms with E-state index in [0.717, 1.165) is 5.69 Å². The largest absolute Gasteiger partial charge is 0.224 e. The Kier molecular flexibility index (Phi) is 3.97. The van der Waals surface area contributed by atoms with Crippen LogP contribution in [-0.4, -0.2) is 23.9 Å². The highest BCUT2D eigenvalue weighted by Crippen LogP contribution is 2.28. The van der Waals surface area contributed by atoms with Crippen LogP contribution in [0.4, 0.5) is 0 Å². The summed E-state index contributed by atoms with van der Waals surface area (Å²) in [6.45, 7) is 6.04. The van der Waals surface area contributed by atoms with Crippen molar-refractivity contribution in [3.63, 3.8) is 0 Å². The molecule has 1 heterocycles. The van der Waals surface area contributed by atoms with Gasteiger partial charge in [-0.2, -0.15) is 9.19 Å². The van der Waals surface area contributed by atoms with E-state index >= 15 is 0 Å². The van der Waals surface area contributed by atoms with Crippen molar-refractivity contribution in [2.75, 3.05) is 6.26 Å². The van der Waals surface area contributed by atoms with Crippen LogP contribution in [0.5, 0.6) is 0 Å². The molecule has 0 amide bonds. The van der Waals surface area contributed by atoms with Crippen molar-refractivity contribution in [2.45, 2.75) is 36.1 Å². The van der Waals surface area contributed by atoms with Gasteiger partial charge in [0.15, 0.2) is 5.03 Å². The molecule has 0 aliphatic carbocycles. The van der Waals surface area contributed by atoms with Crippen molar-refractivity contribution in [3.8, 4) is 0 Å². The molecule has 0 bridgehead atoms. The number of nitrogens with zero attached hydrogens (tertiary/aromatic N) is 2. The molecule has 0 spiro atoms. The Hall–Kier alpha value is -1.27. The molecule has 108 valence electrons. The van der Waals surface area contributed by atoms with Crippen LogP contribution >= 0.6 is 11.9 Å². The molecule has 0 fully saturated rings. The minimum atomic E-state index is -3.54. The monoisotopic (exact) mass is 310 g/mol. The third-order valence-corrected chi connectivity index (χ3v) is 5.39. The zero-order valence-electron chi connectivity index (χ0n) is 12.0. The second-order valence-electron chi connectivity index (χ2n) is 5.49. The van der Waals surface area contributed by atoms with Crippen LogP contribution in [0.15, 0.2) is 46.3 Å². The fourth-order valence-electron chi connectivity index (χ4n) is 1.75. The molecule has 6 heteroatoms. The summed E-state index contributed by atoms with van der Waals surface area (Å²) in [5.41, 5.74) is 0.573. The van der Waals surface area contributed by atoms with Gasteiger partial charge in [0.25, 0.3) is 0 Å². The molecule has 0 aliphatic rings. The smallest absolute Gasteiger partial charge is 0.217 e. The predicted molar refractivity (Wildman–Crippen MR) is 81.7 cm³/mol. The summed E-state index contributed by atoms with van der Waals surface area (Å²) in [5.74, 6) is 0. The highest BCUT2D eigenvalue weighted by atomic mass is 32.2. The van der Waals surface area contributed by atoms with Crippen LogP contribution in [0.2, 0.25) is 0 Å². The topological polar surface area (TPSA) is 52.0 Å². The van der Waals surface area contributed by atoms with Gasteiger partial charge in [0, 0.05) is 17.7 Å². The second-order valence-corrected chi connectivity index (χ2v) is 8.10. The van der Waals surface area contributed by atoms with E-state index in [4.69, 9.17) is 0 Å². The lowest BCUT2D eigenvalue weighted by atomic mass is 9.93. The van der Waals surface area contributed by atoms with Crippen LogP contribution in [0.25, 0.3) is 0 Å². The van der Waals surface area contributed by atoms with Crippen LogP contribution in [0.1, 0.15) is 26.5 Å². The highest BCUT2D eigenvalue weighted by molar-refractivity contribution is 7.98. The van der Waals surface area contributed by atoms with E-state index in [1.54, 1.807) is 36.4 Å². The lowest BCUT2D eigenvalue weighted by molar-refractivity contribution is 0.564. The molecule has 0 atom stereocenters. The van der Waals surface area contributed by atoms with Gasteiger partial charge in [0.1, 0.15) is 0 Å². The third-order valence-electron chi connectivity index (χ3n) is 2.92. The Morgan fingerprint density at radius 2 is 1.75 bits per heavy atom. The molecule has 0 saturated carbocycles. The van der Waals surface area contributed by atoms with E-state index < -0.39 is 9.84 Å². The van der Waals surface area contributed by atoms with E-state index in [0.29, 0.717) is 0 Å². The summed E-state index contributed by atoms with van der Waals surface area (Å²) in [4.78, 5) is 0.288. The first-order valence-electron chi connectivity index (χ1n) is 6.22. The summed E-state index contributed by atoms with van der Waals surface area (Å²) in [6.07, 6.45) is 1.81. The van der Waals surface area contributed by atoms with Gasteiger partial charge in [-0.25, -0.2) is 8.42 Å². The Morgan fingerprint density at radius 3 is 2.25 bits per heavy atom. The fraction of sp³-hybridized carbons (Fsp3) is 0.357. The maximum Gasteiger partial charge on any atom is 0.224 e. The van der Waals surface area contributed by atoms with Crippen LogP contribution in [0.3, 0.4) is 0 Å². The lowest BCUT2D eigenvalue weighted by Crippen LogP contribution is -2.12. The summed E-state index contributed by atoms with van der Waals surface area (Å²) < 4.78 is 26.8. The number of hydrogen-bond donors (Lipinski definition) is 0. The number of aromatic nitrogens is 2. The normalized spacial score (nSPS) is 12.6. The average molecular weight is 310 g/mol. The second kappa shape index (κ2) is 5.26. The van der Waals surface area contributed by atoms with Crippen molar-refractivity contribution in [1.82, 2.24) is 9.19 Å². The fourth-order valence-corrected chi connectivity index (χ4v) is 3.94. The molecule has 0 N–H and O–H groups in total. The Bertz CT molecular complexity index is 699. The third kappa shape index (κ3) is 2.76. The molecule has 0 aliphatic heterocycles. The molecule has 20 heavy (non-hydrogen) atoms. The van der Waals surface area contributed by atoms with E-state index in [1.807, 2.05) is 27.0 Å². The van der Waals surface area contributed by atoms with Crippen molar-refractivity contribution in [2.24, 2.45) is 0 Å². The van der Waals surface area contributed by atoms with Gasteiger partial charge in [0.05, 0.1) is 10.6 Å². The molecule has 4 nitrogen and oxygen atoms in total. The number of rotatable bonds is 3. The minimum absolute atomic E-state index is 0.193. The zero-order chi connectivity index (χ0) is 15.0.